The van der Waals surface area contributed by atoms with Gasteiger partial charge in [0.1, 0.15) is 5.75 Å². The van der Waals surface area contributed by atoms with Crippen molar-refractivity contribution in [2.24, 2.45) is 0 Å². The van der Waals surface area contributed by atoms with Gasteiger partial charge in [0.15, 0.2) is 6.61 Å². The molecule has 0 unspecified atom stereocenters. The fourth-order valence-corrected chi connectivity index (χ4v) is 2.80. The van der Waals surface area contributed by atoms with Crippen molar-refractivity contribution in [2.45, 2.75) is 19.9 Å². The molecule has 28 heavy (non-hydrogen) atoms. The molecule has 0 aliphatic carbocycles. The predicted molar refractivity (Wildman–Crippen MR) is 108 cm³/mol. The lowest BCUT2D eigenvalue weighted by Gasteiger charge is -2.11. The van der Waals surface area contributed by atoms with E-state index in [4.69, 9.17) is 4.74 Å². The zero-order chi connectivity index (χ0) is 19.8. The molecule has 3 rings (SSSR count). The number of ether oxygens (including phenoxy) is 1. The van der Waals surface area contributed by atoms with Gasteiger partial charge in [-0.3, -0.25) is 9.59 Å². The number of benzene rings is 2. The van der Waals surface area contributed by atoms with Crippen molar-refractivity contribution < 1.29 is 9.53 Å². The molecule has 2 aromatic carbocycles. The Balaban J connectivity index is 1.53. The predicted octanol–water partition coefficient (Wildman–Crippen LogP) is 2.67. The van der Waals surface area contributed by atoms with Gasteiger partial charge in [-0.2, -0.15) is 5.10 Å². The highest BCUT2D eigenvalue weighted by molar-refractivity contribution is 5.77. The Labute approximate surface area is 163 Å². The number of carbonyl (C=O) groups excluding carboxylic acids is 1. The molecule has 144 valence electrons. The molecule has 6 nitrogen and oxygen atoms in total. The molecule has 0 bridgehead atoms. The van der Waals surface area contributed by atoms with E-state index >= 15 is 0 Å². The second-order valence-electron chi connectivity index (χ2n) is 6.25. The summed E-state index contributed by atoms with van der Waals surface area (Å²) in [6.07, 6.45) is 0.837. The van der Waals surface area contributed by atoms with Crippen molar-refractivity contribution in [1.82, 2.24) is 15.1 Å². The normalized spacial score (nSPS) is 10.5. The summed E-state index contributed by atoms with van der Waals surface area (Å²) in [7, 11) is 0. The number of amides is 1. The van der Waals surface area contributed by atoms with Crippen LogP contribution in [0.15, 0.2) is 71.5 Å². The van der Waals surface area contributed by atoms with Gasteiger partial charge in [0.25, 0.3) is 11.5 Å². The zero-order valence-corrected chi connectivity index (χ0v) is 15.8. The molecule has 0 atom stereocenters. The summed E-state index contributed by atoms with van der Waals surface area (Å²) in [4.78, 5) is 24.1. The number of carbonyl (C=O) groups is 1. The monoisotopic (exact) mass is 377 g/mol. The Kier molecular flexibility index (Phi) is 6.57. The lowest BCUT2D eigenvalue weighted by Crippen LogP contribution is -2.34. The molecular formula is C22H23N3O3. The van der Waals surface area contributed by atoms with Gasteiger partial charge in [0, 0.05) is 18.2 Å². The molecule has 1 N–H and O–H groups in total. The van der Waals surface area contributed by atoms with Crippen LogP contribution in [0, 0.1) is 0 Å². The van der Waals surface area contributed by atoms with Gasteiger partial charge in [-0.15, -0.1) is 0 Å². The average molecular weight is 377 g/mol. The first-order chi connectivity index (χ1) is 13.7. The van der Waals surface area contributed by atoms with E-state index in [1.54, 1.807) is 6.07 Å². The number of nitrogens with zero attached hydrogens (tertiary/aromatic N) is 2. The minimum atomic E-state index is -0.238. The van der Waals surface area contributed by atoms with Gasteiger partial charge >= 0.3 is 0 Å². The molecule has 0 fully saturated rings. The van der Waals surface area contributed by atoms with Crippen molar-refractivity contribution in [3.63, 3.8) is 0 Å². The van der Waals surface area contributed by atoms with Gasteiger partial charge < -0.3 is 10.1 Å². The van der Waals surface area contributed by atoms with E-state index in [-0.39, 0.29) is 24.6 Å². The zero-order valence-electron chi connectivity index (χ0n) is 15.8. The molecule has 0 aliphatic rings. The van der Waals surface area contributed by atoms with Crippen molar-refractivity contribution in [3.8, 4) is 17.0 Å². The molecule has 0 aliphatic heterocycles. The molecule has 6 heteroatoms. The van der Waals surface area contributed by atoms with Gasteiger partial charge in [0.05, 0.1) is 12.2 Å². The van der Waals surface area contributed by atoms with Gasteiger partial charge in [-0.05, 0) is 24.1 Å². The highest BCUT2D eigenvalue weighted by atomic mass is 16.5. The average Bonchev–Trinajstić information content (AvgIpc) is 2.74. The third-order valence-electron chi connectivity index (χ3n) is 4.29. The SMILES string of the molecule is CCc1ccccc1OCC(=O)NCCn1nc(-c2ccccc2)ccc1=O. The summed E-state index contributed by atoms with van der Waals surface area (Å²) >= 11 is 0. The molecule has 1 amide bonds. The molecule has 1 heterocycles. The maximum atomic E-state index is 12.0. The maximum Gasteiger partial charge on any atom is 0.266 e. The minimum absolute atomic E-state index is 0.0661. The Morgan fingerprint density at radius 2 is 1.79 bits per heavy atom. The van der Waals surface area contributed by atoms with Crippen molar-refractivity contribution in [1.29, 1.82) is 0 Å². The number of nitrogens with one attached hydrogen (secondary N) is 1. The van der Waals surface area contributed by atoms with E-state index in [0.717, 1.165) is 17.5 Å². The standard InChI is InChI=1S/C22H23N3O3/c1-2-17-8-6-7-11-20(17)28-16-21(26)23-14-15-25-22(27)13-12-19(24-25)18-9-4-3-5-10-18/h3-13H,2,14-16H2,1H3,(H,23,26). The van der Waals surface area contributed by atoms with Crippen molar-refractivity contribution >= 4 is 5.91 Å². The smallest absolute Gasteiger partial charge is 0.266 e. The first-order valence-corrected chi connectivity index (χ1v) is 9.28. The summed E-state index contributed by atoms with van der Waals surface area (Å²) < 4.78 is 6.95. The van der Waals surface area contributed by atoms with Gasteiger partial charge in [-0.1, -0.05) is 55.5 Å². The van der Waals surface area contributed by atoms with E-state index in [1.165, 1.54) is 10.7 Å². The topological polar surface area (TPSA) is 73.2 Å². The van der Waals surface area contributed by atoms with Crippen LogP contribution in [0.4, 0.5) is 0 Å². The van der Waals surface area contributed by atoms with E-state index < -0.39 is 0 Å². The van der Waals surface area contributed by atoms with Crippen LogP contribution in [0.1, 0.15) is 12.5 Å². The first-order valence-electron chi connectivity index (χ1n) is 9.28. The highest BCUT2D eigenvalue weighted by Crippen LogP contribution is 2.18. The van der Waals surface area contributed by atoms with Crippen molar-refractivity contribution in [2.75, 3.05) is 13.2 Å². The second kappa shape index (κ2) is 9.50. The summed E-state index contributed by atoms with van der Waals surface area (Å²) in [5.41, 5.74) is 2.50. The summed E-state index contributed by atoms with van der Waals surface area (Å²) in [5, 5.41) is 7.14. The van der Waals surface area contributed by atoms with Crippen molar-refractivity contribution in [3.05, 3.63) is 82.6 Å². The molecule has 0 radical (unpaired) electrons. The van der Waals surface area contributed by atoms with E-state index in [0.29, 0.717) is 18.0 Å². The largest absolute Gasteiger partial charge is 0.483 e. The highest BCUT2D eigenvalue weighted by Gasteiger charge is 2.07. The van der Waals surface area contributed by atoms with Crippen LogP contribution in [0.2, 0.25) is 0 Å². The van der Waals surface area contributed by atoms with Crippen LogP contribution in [-0.4, -0.2) is 28.8 Å². The van der Waals surface area contributed by atoms with Crippen LogP contribution in [0.25, 0.3) is 11.3 Å². The van der Waals surface area contributed by atoms with Crippen LogP contribution in [0.5, 0.6) is 5.75 Å². The summed E-state index contributed by atoms with van der Waals surface area (Å²) in [6, 6.07) is 20.5. The summed E-state index contributed by atoms with van der Waals surface area (Å²) in [5.74, 6) is 0.478. The third kappa shape index (κ3) is 5.07. The van der Waals surface area contributed by atoms with E-state index in [2.05, 4.69) is 10.4 Å². The van der Waals surface area contributed by atoms with Crippen LogP contribution in [-0.2, 0) is 17.8 Å². The van der Waals surface area contributed by atoms with Gasteiger partial charge in [0.2, 0.25) is 0 Å². The lowest BCUT2D eigenvalue weighted by atomic mass is 10.1. The van der Waals surface area contributed by atoms with Crippen LogP contribution < -0.4 is 15.6 Å². The Morgan fingerprint density at radius 1 is 1.04 bits per heavy atom. The fraction of sp³-hybridized carbons (Fsp3) is 0.227. The lowest BCUT2D eigenvalue weighted by molar-refractivity contribution is -0.123. The molecule has 3 aromatic rings. The molecule has 1 aromatic heterocycles. The fourth-order valence-electron chi connectivity index (χ4n) is 2.80. The molecule has 0 spiro atoms. The number of aryl methyl sites for hydroxylation is 1. The maximum absolute atomic E-state index is 12.0. The molecular weight excluding hydrogens is 354 g/mol. The minimum Gasteiger partial charge on any atom is -0.483 e. The van der Waals surface area contributed by atoms with Crippen LogP contribution in [0.3, 0.4) is 0 Å². The number of rotatable bonds is 8. The Bertz CT molecular complexity index is 984. The second-order valence-corrected chi connectivity index (χ2v) is 6.25. The Morgan fingerprint density at radius 3 is 2.57 bits per heavy atom. The van der Waals surface area contributed by atoms with E-state index in [1.807, 2.05) is 61.5 Å². The summed E-state index contributed by atoms with van der Waals surface area (Å²) in [6.45, 7) is 2.56. The van der Waals surface area contributed by atoms with Crippen LogP contribution >= 0.6 is 0 Å². The Hall–Kier alpha value is -3.41. The van der Waals surface area contributed by atoms with E-state index in [9.17, 15) is 9.59 Å². The number of hydrogen-bond donors (Lipinski definition) is 1. The third-order valence-corrected chi connectivity index (χ3v) is 4.29. The molecule has 0 saturated carbocycles. The quantitative estimate of drug-likeness (QED) is 0.655. The number of aromatic nitrogens is 2. The molecule has 0 saturated heterocycles. The first kappa shape index (κ1) is 19.4. The number of para-hydroxylation sites is 1. The van der Waals surface area contributed by atoms with Gasteiger partial charge in [-0.25, -0.2) is 4.68 Å². The number of hydrogen-bond acceptors (Lipinski definition) is 4.